The van der Waals surface area contributed by atoms with Gasteiger partial charge in [0.25, 0.3) is 20.1 Å². The fourth-order valence-electron chi connectivity index (χ4n) is 4.43. The highest BCUT2D eigenvalue weighted by atomic mass is 32.2. The van der Waals surface area contributed by atoms with Crippen molar-refractivity contribution in [2.75, 3.05) is 45.6 Å². The number of carbonyl (C=O) groups excluding carboxylic acids is 1. The molecule has 0 bridgehead atoms. The molecule has 35 heavy (non-hydrogen) atoms. The first kappa shape index (κ1) is 25.7. The van der Waals surface area contributed by atoms with E-state index in [4.69, 9.17) is 8.92 Å². The summed E-state index contributed by atoms with van der Waals surface area (Å²) in [5.41, 5.74) is 1.33. The van der Waals surface area contributed by atoms with Gasteiger partial charge in [0.05, 0.1) is 32.0 Å². The van der Waals surface area contributed by atoms with Crippen LogP contribution in [0.2, 0.25) is 0 Å². The molecule has 2 atom stereocenters. The third kappa shape index (κ3) is 6.44. The fraction of sp³-hybridized carbons (Fsp3) is 0.478. The molecule has 2 unspecified atom stereocenters. The number of ether oxygens (including phenoxy) is 1. The Labute approximate surface area is 206 Å². The molecule has 1 aromatic heterocycles. The van der Waals surface area contributed by atoms with Crippen LogP contribution in [0.4, 0.5) is 0 Å². The summed E-state index contributed by atoms with van der Waals surface area (Å²) in [4.78, 5) is 19.1. The van der Waals surface area contributed by atoms with Crippen molar-refractivity contribution < 1.29 is 30.6 Å². The molecule has 190 valence electrons. The summed E-state index contributed by atoms with van der Waals surface area (Å²) >= 11 is 0. The number of carbonyl (C=O) groups is 1. The Bertz CT molecular complexity index is 1250. The van der Waals surface area contributed by atoms with Crippen molar-refractivity contribution in [1.29, 1.82) is 0 Å². The molecule has 2 aromatic rings. The zero-order chi connectivity index (χ0) is 25.1. The summed E-state index contributed by atoms with van der Waals surface area (Å²) in [7, 11) is -7.74. The van der Waals surface area contributed by atoms with Gasteiger partial charge in [0.1, 0.15) is 0 Å². The number of nitrogens with zero attached hydrogens (tertiary/aromatic N) is 3. The molecule has 0 saturated carbocycles. The number of benzene rings is 1. The number of piperidine rings is 1. The van der Waals surface area contributed by atoms with Crippen molar-refractivity contribution in [3.8, 4) is 0 Å². The van der Waals surface area contributed by atoms with Gasteiger partial charge in [-0.1, -0.05) is 30.3 Å². The lowest BCUT2D eigenvalue weighted by Crippen LogP contribution is -2.51. The van der Waals surface area contributed by atoms with Crippen LogP contribution < -0.4 is 0 Å². The van der Waals surface area contributed by atoms with Crippen LogP contribution in [0.25, 0.3) is 0 Å². The van der Waals surface area contributed by atoms with Gasteiger partial charge in [-0.25, -0.2) is 13.4 Å². The molecule has 1 aromatic carbocycles. The summed E-state index contributed by atoms with van der Waals surface area (Å²) in [6, 6.07) is 12.4. The van der Waals surface area contributed by atoms with Gasteiger partial charge < -0.3 is 9.64 Å². The molecule has 2 aliphatic rings. The number of rotatable bonds is 7. The van der Waals surface area contributed by atoms with E-state index in [0.29, 0.717) is 38.3 Å². The molecule has 3 heterocycles. The van der Waals surface area contributed by atoms with E-state index in [-0.39, 0.29) is 36.5 Å². The smallest absolute Gasteiger partial charge is 0.264 e. The molecule has 12 heteroatoms. The lowest BCUT2D eigenvalue weighted by Gasteiger charge is -2.39. The average molecular weight is 524 g/mol. The van der Waals surface area contributed by atoms with Gasteiger partial charge in [0, 0.05) is 32.4 Å². The largest absolute Gasteiger partial charge is 0.378 e. The van der Waals surface area contributed by atoms with Crippen molar-refractivity contribution in [1.82, 2.24) is 14.2 Å². The van der Waals surface area contributed by atoms with Crippen molar-refractivity contribution >= 4 is 26.0 Å². The second-order valence-corrected chi connectivity index (χ2v) is 12.3. The average Bonchev–Trinajstić information content (AvgIpc) is 2.87. The molecule has 1 amide bonds. The maximum absolute atomic E-state index is 13.6. The lowest BCUT2D eigenvalue weighted by molar-refractivity contribution is -0.141. The van der Waals surface area contributed by atoms with E-state index in [0.717, 1.165) is 11.8 Å². The third-order valence-electron chi connectivity index (χ3n) is 6.20. The first-order chi connectivity index (χ1) is 16.6. The Hall–Kier alpha value is -2.38. The maximum atomic E-state index is 13.6. The molecule has 0 radical (unpaired) electrons. The van der Waals surface area contributed by atoms with E-state index in [1.165, 1.54) is 22.6 Å². The van der Waals surface area contributed by atoms with E-state index in [2.05, 4.69) is 4.98 Å². The minimum atomic E-state index is -4.05. The van der Waals surface area contributed by atoms with Gasteiger partial charge >= 0.3 is 0 Å². The molecule has 10 nitrogen and oxygen atoms in total. The van der Waals surface area contributed by atoms with Crippen LogP contribution in [0.15, 0.2) is 53.7 Å². The van der Waals surface area contributed by atoms with Crippen LogP contribution in [-0.2, 0) is 40.5 Å². The number of aromatic nitrogens is 1. The van der Waals surface area contributed by atoms with Crippen molar-refractivity contribution in [2.45, 2.75) is 24.0 Å². The zero-order valence-corrected chi connectivity index (χ0v) is 21.1. The minimum Gasteiger partial charge on any atom is -0.378 e. The van der Waals surface area contributed by atoms with E-state index in [1.54, 1.807) is 4.90 Å². The number of sulfonamides is 1. The Morgan fingerprint density at radius 2 is 1.80 bits per heavy atom. The summed E-state index contributed by atoms with van der Waals surface area (Å²) in [5, 5.41) is -0.210. The van der Waals surface area contributed by atoms with Crippen LogP contribution in [-0.4, -0.2) is 82.6 Å². The Morgan fingerprint density at radius 3 is 2.49 bits per heavy atom. The predicted octanol–water partition coefficient (Wildman–Crippen LogP) is 1.21. The van der Waals surface area contributed by atoms with Crippen LogP contribution >= 0.6 is 0 Å². The molecule has 2 saturated heterocycles. The fourth-order valence-corrected chi connectivity index (χ4v) is 6.29. The van der Waals surface area contributed by atoms with Crippen LogP contribution in [0.1, 0.15) is 23.5 Å². The Kier molecular flexibility index (Phi) is 7.86. The number of hydrogen-bond acceptors (Lipinski definition) is 8. The topological polar surface area (TPSA) is 123 Å². The Balaban J connectivity index is 1.61. The Morgan fingerprint density at radius 1 is 1.09 bits per heavy atom. The zero-order valence-electron chi connectivity index (χ0n) is 19.4. The van der Waals surface area contributed by atoms with Gasteiger partial charge in [0.2, 0.25) is 5.91 Å². The molecule has 0 aliphatic carbocycles. The first-order valence-corrected chi connectivity index (χ1v) is 14.6. The van der Waals surface area contributed by atoms with Crippen molar-refractivity contribution in [3.63, 3.8) is 0 Å². The van der Waals surface area contributed by atoms with E-state index < -0.39 is 26.1 Å². The van der Waals surface area contributed by atoms with E-state index in [1.807, 2.05) is 30.3 Å². The highest BCUT2D eigenvalue weighted by molar-refractivity contribution is 7.89. The van der Waals surface area contributed by atoms with Crippen LogP contribution in [0, 0.1) is 5.92 Å². The van der Waals surface area contributed by atoms with Crippen molar-refractivity contribution in [2.24, 2.45) is 5.92 Å². The normalized spacial score (nSPS) is 22.1. The monoisotopic (exact) mass is 523 g/mol. The van der Waals surface area contributed by atoms with Gasteiger partial charge in [-0.3, -0.25) is 8.98 Å². The molecular weight excluding hydrogens is 494 g/mol. The highest BCUT2D eigenvalue weighted by Crippen LogP contribution is 2.34. The maximum Gasteiger partial charge on any atom is 0.264 e. The second-order valence-electron chi connectivity index (χ2n) is 8.77. The number of hydrogen-bond donors (Lipinski definition) is 0. The van der Waals surface area contributed by atoms with E-state index in [9.17, 15) is 21.6 Å². The van der Waals surface area contributed by atoms with Gasteiger partial charge in [-0.15, -0.1) is 0 Å². The summed E-state index contributed by atoms with van der Waals surface area (Å²) in [6.45, 7) is 1.88. The molecule has 4 rings (SSSR count). The summed E-state index contributed by atoms with van der Waals surface area (Å²) in [6.07, 6.45) is 2.78. The van der Waals surface area contributed by atoms with E-state index >= 15 is 0 Å². The third-order valence-corrected chi connectivity index (χ3v) is 8.48. The summed E-state index contributed by atoms with van der Waals surface area (Å²) < 4.78 is 61.4. The van der Waals surface area contributed by atoms with Crippen molar-refractivity contribution in [3.05, 3.63) is 59.8 Å². The SMILES string of the molecule is CS(=O)(=O)OCc1ccnc(S(=O)(=O)N2CC(C(=O)N3CCOCC3)CC(c3ccccc3)C2)c1. The predicted molar refractivity (Wildman–Crippen MR) is 127 cm³/mol. The first-order valence-electron chi connectivity index (χ1n) is 11.3. The molecule has 2 fully saturated rings. The molecule has 0 N–H and O–H groups in total. The van der Waals surface area contributed by atoms with Crippen LogP contribution in [0.5, 0.6) is 0 Å². The quantitative estimate of drug-likeness (QED) is 0.496. The van der Waals surface area contributed by atoms with Crippen LogP contribution in [0.3, 0.4) is 0 Å². The van der Waals surface area contributed by atoms with Gasteiger partial charge in [0.15, 0.2) is 5.03 Å². The molecular formula is C23H29N3O7S2. The lowest BCUT2D eigenvalue weighted by atomic mass is 9.85. The standard InChI is InChI=1S/C23H29N3O7S2/c1-34(28,29)33-17-18-7-8-24-22(13-18)35(30,31)26-15-20(19-5-3-2-4-6-19)14-21(16-26)23(27)25-9-11-32-12-10-25/h2-8,13,20-21H,9-12,14-17H2,1H3. The van der Waals surface area contributed by atoms with Gasteiger partial charge in [-0.2, -0.15) is 12.7 Å². The number of morpholine rings is 1. The highest BCUT2D eigenvalue weighted by Gasteiger charge is 2.40. The minimum absolute atomic E-state index is 0.0492. The number of pyridine rings is 1. The second kappa shape index (κ2) is 10.7. The molecule has 0 spiro atoms. The number of amides is 1. The molecule has 2 aliphatic heterocycles. The van der Waals surface area contributed by atoms with Gasteiger partial charge in [-0.05, 0) is 35.6 Å². The summed E-state index contributed by atoms with van der Waals surface area (Å²) in [5.74, 6) is -0.734.